The van der Waals surface area contributed by atoms with Crippen LogP contribution in [0.3, 0.4) is 0 Å². The molecule has 1 heterocycles. The van der Waals surface area contributed by atoms with Crippen molar-refractivity contribution in [3.63, 3.8) is 0 Å². The van der Waals surface area contributed by atoms with Crippen LogP contribution < -0.4 is 14.8 Å². The van der Waals surface area contributed by atoms with Gasteiger partial charge in [-0.15, -0.1) is 5.10 Å². The number of hydrogen-bond donors (Lipinski definition) is 1. The lowest BCUT2D eigenvalue weighted by molar-refractivity contribution is 0.200. The van der Waals surface area contributed by atoms with Gasteiger partial charge in [0.25, 0.3) is 0 Å². The number of tetrazole rings is 1. The van der Waals surface area contributed by atoms with E-state index in [0.717, 1.165) is 11.1 Å². The Morgan fingerprint density at radius 2 is 1.91 bits per heavy atom. The number of methoxy groups -OCH3 is 1. The zero-order valence-corrected chi connectivity index (χ0v) is 17.2. The zero-order valence-electron chi connectivity index (χ0n) is 17.2. The number of benzene rings is 3. The lowest BCUT2D eigenvalue weighted by atomic mass is 10.0. The summed E-state index contributed by atoms with van der Waals surface area (Å²) in [5.74, 6) is 0.655. The van der Waals surface area contributed by atoms with E-state index in [0.29, 0.717) is 29.2 Å². The van der Waals surface area contributed by atoms with Crippen molar-refractivity contribution in [1.29, 1.82) is 0 Å². The Morgan fingerprint density at radius 3 is 2.69 bits per heavy atom. The molecule has 0 aliphatic heterocycles. The van der Waals surface area contributed by atoms with Crippen LogP contribution in [0.1, 0.15) is 5.56 Å². The van der Waals surface area contributed by atoms with Crippen LogP contribution in [-0.2, 0) is 6.42 Å². The van der Waals surface area contributed by atoms with Crippen molar-refractivity contribution >= 4 is 6.09 Å². The summed E-state index contributed by atoms with van der Waals surface area (Å²) in [6, 6.07) is 19.2. The largest absolute Gasteiger partial charge is 0.496 e. The molecule has 1 aromatic heterocycles. The number of carbonyl (C=O) groups is 1. The van der Waals surface area contributed by atoms with E-state index in [-0.39, 0.29) is 12.4 Å². The predicted molar refractivity (Wildman–Crippen MR) is 115 cm³/mol. The molecule has 1 N–H and O–H groups in total. The molecule has 0 radical (unpaired) electrons. The van der Waals surface area contributed by atoms with E-state index in [1.807, 2.05) is 30.3 Å². The molecule has 0 aliphatic carbocycles. The van der Waals surface area contributed by atoms with Crippen LogP contribution in [0.25, 0.3) is 16.8 Å². The number of rotatable bonds is 7. The second-order valence-corrected chi connectivity index (χ2v) is 6.83. The fourth-order valence-corrected chi connectivity index (χ4v) is 3.24. The van der Waals surface area contributed by atoms with Crippen molar-refractivity contribution in [2.24, 2.45) is 0 Å². The number of nitrogens with zero attached hydrogens (tertiary/aromatic N) is 4. The SMILES string of the molecule is COc1ccccc1-c1cc(OC(=O)NCCc2ccccc2F)cc(-n2cnnn2)c1. The molecule has 0 saturated carbocycles. The van der Waals surface area contributed by atoms with Crippen LogP contribution in [0.4, 0.5) is 9.18 Å². The molecule has 0 atom stereocenters. The third-order valence-corrected chi connectivity index (χ3v) is 4.75. The molecular formula is C23H20FN5O3. The number of hydrogen-bond acceptors (Lipinski definition) is 6. The molecule has 32 heavy (non-hydrogen) atoms. The minimum atomic E-state index is -0.652. The predicted octanol–water partition coefficient (Wildman–Crippen LogP) is 3.81. The van der Waals surface area contributed by atoms with E-state index in [9.17, 15) is 9.18 Å². The van der Waals surface area contributed by atoms with Gasteiger partial charge in [0, 0.05) is 18.2 Å². The van der Waals surface area contributed by atoms with E-state index in [4.69, 9.17) is 9.47 Å². The first-order valence-corrected chi connectivity index (χ1v) is 9.85. The van der Waals surface area contributed by atoms with Crippen molar-refractivity contribution in [2.75, 3.05) is 13.7 Å². The average molecular weight is 433 g/mol. The Balaban J connectivity index is 1.54. The van der Waals surface area contributed by atoms with Crippen molar-refractivity contribution in [2.45, 2.75) is 6.42 Å². The van der Waals surface area contributed by atoms with E-state index < -0.39 is 6.09 Å². The molecule has 0 unspecified atom stereocenters. The Labute approximate surface area is 183 Å². The van der Waals surface area contributed by atoms with Crippen LogP contribution >= 0.6 is 0 Å². The van der Waals surface area contributed by atoms with Crippen molar-refractivity contribution in [3.05, 3.63) is 84.4 Å². The van der Waals surface area contributed by atoms with Gasteiger partial charge in [-0.25, -0.2) is 13.9 Å². The van der Waals surface area contributed by atoms with Crippen LogP contribution in [0.15, 0.2) is 73.1 Å². The van der Waals surface area contributed by atoms with Gasteiger partial charge in [0.2, 0.25) is 0 Å². The van der Waals surface area contributed by atoms with Gasteiger partial charge in [0.05, 0.1) is 12.8 Å². The van der Waals surface area contributed by atoms with Gasteiger partial charge >= 0.3 is 6.09 Å². The van der Waals surface area contributed by atoms with E-state index in [2.05, 4.69) is 20.8 Å². The number of para-hydroxylation sites is 1. The molecule has 0 bridgehead atoms. The monoisotopic (exact) mass is 433 g/mol. The van der Waals surface area contributed by atoms with E-state index in [1.54, 1.807) is 37.4 Å². The summed E-state index contributed by atoms with van der Waals surface area (Å²) >= 11 is 0. The van der Waals surface area contributed by atoms with Gasteiger partial charge in [0.15, 0.2) is 0 Å². The first-order chi connectivity index (χ1) is 15.6. The van der Waals surface area contributed by atoms with E-state index in [1.165, 1.54) is 17.1 Å². The van der Waals surface area contributed by atoms with Crippen LogP contribution in [-0.4, -0.2) is 40.0 Å². The maximum atomic E-state index is 13.7. The van der Waals surface area contributed by atoms with Crippen LogP contribution in [0.2, 0.25) is 0 Å². The minimum Gasteiger partial charge on any atom is -0.496 e. The summed E-state index contributed by atoms with van der Waals surface area (Å²) in [5, 5.41) is 13.9. The summed E-state index contributed by atoms with van der Waals surface area (Å²) in [4.78, 5) is 12.4. The third kappa shape index (κ3) is 4.89. The summed E-state index contributed by atoms with van der Waals surface area (Å²) < 4.78 is 26.1. The maximum Gasteiger partial charge on any atom is 0.412 e. The normalized spacial score (nSPS) is 10.6. The highest BCUT2D eigenvalue weighted by atomic mass is 19.1. The van der Waals surface area contributed by atoms with Gasteiger partial charge in [-0.1, -0.05) is 36.4 Å². The number of aromatic nitrogens is 4. The average Bonchev–Trinajstić information content (AvgIpc) is 3.35. The minimum absolute atomic E-state index is 0.228. The van der Waals surface area contributed by atoms with Gasteiger partial charge in [-0.2, -0.15) is 0 Å². The molecule has 0 fully saturated rings. The highest BCUT2D eigenvalue weighted by molar-refractivity contribution is 5.76. The highest BCUT2D eigenvalue weighted by Crippen LogP contribution is 2.33. The Morgan fingerprint density at radius 1 is 1.09 bits per heavy atom. The number of amides is 1. The zero-order chi connectivity index (χ0) is 22.3. The molecule has 4 aromatic rings. The number of carbonyl (C=O) groups excluding carboxylic acids is 1. The fourth-order valence-electron chi connectivity index (χ4n) is 3.24. The number of halogens is 1. The summed E-state index contributed by atoms with van der Waals surface area (Å²) in [6.45, 7) is 0.228. The van der Waals surface area contributed by atoms with E-state index >= 15 is 0 Å². The molecule has 1 amide bonds. The lowest BCUT2D eigenvalue weighted by Gasteiger charge is -2.13. The Hall–Kier alpha value is -4.27. The molecule has 3 aromatic carbocycles. The summed E-state index contributed by atoms with van der Waals surface area (Å²) in [6.07, 6.45) is 1.14. The maximum absolute atomic E-state index is 13.7. The smallest absolute Gasteiger partial charge is 0.412 e. The van der Waals surface area contributed by atoms with Gasteiger partial charge in [0.1, 0.15) is 23.6 Å². The van der Waals surface area contributed by atoms with Crippen molar-refractivity contribution in [1.82, 2.24) is 25.5 Å². The first kappa shape index (κ1) is 21.0. The molecule has 0 saturated heterocycles. The molecule has 162 valence electrons. The number of nitrogens with one attached hydrogen (secondary N) is 1. The topological polar surface area (TPSA) is 91.2 Å². The Kier molecular flexibility index (Phi) is 6.35. The fraction of sp³-hybridized carbons (Fsp3) is 0.130. The van der Waals surface area contributed by atoms with Crippen molar-refractivity contribution < 1.29 is 18.7 Å². The molecule has 0 aliphatic rings. The van der Waals surface area contributed by atoms with Gasteiger partial charge in [-0.05, 0) is 52.2 Å². The highest BCUT2D eigenvalue weighted by Gasteiger charge is 2.13. The van der Waals surface area contributed by atoms with Gasteiger partial charge < -0.3 is 14.8 Å². The number of ether oxygens (including phenoxy) is 2. The second-order valence-electron chi connectivity index (χ2n) is 6.83. The Bertz CT molecular complexity index is 1210. The van der Waals surface area contributed by atoms with Crippen molar-refractivity contribution in [3.8, 4) is 28.3 Å². The molecule has 0 spiro atoms. The standard InChI is InChI=1S/C23H20FN5O3/c1-31-22-9-5-3-7-20(22)17-12-18(29-15-26-27-28-29)14-19(13-17)32-23(30)25-11-10-16-6-2-4-8-21(16)24/h2-9,12-15H,10-11H2,1H3,(H,25,30). The quantitative estimate of drug-likeness (QED) is 0.477. The first-order valence-electron chi connectivity index (χ1n) is 9.85. The van der Waals surface area contributed by atoms with Crippen LogP contribution in [0.5, 0.6) is 11.5 Å². The molecule has 8 nitrogen and oxygen atoms in total. The lowest BCUT2D eigenvalue weighted by Crippen LogP contribution is -2.29. The second kappa shape index (κ2) is 9.69. The molecular weight excluding hydrogens is 413 g/mol. The third-order valence-electron chi connectivity index (χ3n) is 4.75. The van der Waals surface area contributed by atoms with Crippen LogP contribution in [0, 0.1) is 5.82 Å². The summed E-state index contributed by atoms with van der Waals surface area (Å²) in [7, 11) is 1.59. The molecule has 9 heteroatoms. The van der Waals surface area contributed by atoms with Gasteiger partial charge in [-0.3, -0.25) is 0 Å². The summed E-state index contributed by atoms with van der Waals surface area (Å²) in [5.41, 5.74) is 2.69. The molecule has 4 rings (SSSR count).